The van der Waals surface area contributed by atoms with Crippen molar-refractivity contribution in [2.75, 3.05) is 13.7 Å². The molecule has 2 heterocycles. The molecule has 4 heteroatoms. The second kappa shape index (κ2) is 6.01. The Kier molecular flexibility index (Phi) is 3.92. The number of nitrogens with one attached hydrogen (secondary N) is 1. The Bertz CT molecular complexity index is 562. The van der Waals surface area contributed by atoms with E-state index in [9.17, 15) is 0 Å². The van der Waals surface area contributed by atoms with E-state index in [1.54, 1.807) is 7.11 Å². The van der Waals surface area contributed by atoms with Crippen LogP contribution in [0.1, 0.15) is 35.8 Å². The van der Waals surface area contributed by atoms with Crippen molar-refractivity contribution in [3.63, 3.8) is 0 Å². The van der Waals surface area contributed by atoms with Gasteiger partial charge in [-0.3, -0.25) is 9.97 Å². The Labute approximate surface area is 119 Å². The van der Waals surface area contributed by atoms with Crippen LogP contribution in [-0.4, -0.2) is 23.6 Å². The van der Waals surface area contributed by atoms with Gasteiger partial charge in [0.15, 0.2) is 0 Å². The van der Waals surface area contributed by atoms with Crippen LogP contribution >= 0.6 is 0 Å². The second-order valence-electron chi connectivity index (χ2n) is 5.07. The fraction of sp³-hybridized carbons (Fsp3) is 0.375. The van der Waals surface area contributed by atoms with Crippen molar-refractivity contribution in [2.24, 2.45) is 0 Å². The van der Waals surface area contributed by atoms with Crippen LogP contribution in [0.4, 0.5) is 0 Å². The van der Waals surface area contributed by atoms with Gasteiger partial charge in [0.1, 0.15) is 5.75 Å². The Hall–Kier alpha value is -1.94. The summed E-state index contributed by atoms with van der Waals surface area (Å²) in [7, 11) is 1.69. The van der Waals surface area contributed by atoms with E-state index < -0.39 is 0 Å². The van der Waals surface area contributed by atoms with Crippen molar-refractivity contribution in [3.8, 4) is 5.75 Å². The minimum Gasteiger partial charge on any atom is -0.496 e. The van der Waals surface area contributed by atoms with Gasteiger partial charge in [0.2, 0.25) is 0 Å². The zero-order valence-corrected chi connectivity index (χ0v) is 11.7. The first-order chi connectivity index (χ1) is 9.86. The normalized spacial score (nSPS) is 18.1. The largest absolute Gasteiger partial charge is 0.496 e. The summed E-state index contributed by atoms with van der Waals surface area (Å²) in [6, 6.07) is 8.40. The number of aromatic nitrogens is 2. The quantitative estimate of drug-likeness (QED) is 0.926. The van der Waals surface area contributed by atoms with Gasteiger partial charge < -0.3 is 10.1 Å². The van der Waals surface area contributed by atoms with Gasteiger partial charge in [-0.05, 0) is 25.5 Å². The topological polar surface area (TPSA) is 47.0 Å². The van der Waals surface area contributed by atoms with Crippen molar-refractivity contribution in [1.82, 2.24) is 15.3 Å². The van der Waals surface area contributed by atoms with E-state index in [1.807, 2.05) is 30.6 Å². The van der Waals surface area contributed by atoms with Crippen molar-refractivity contribution in [2.45, 2.75) is 25.3 Å². The average Bonchev–Trinajstić information content (AvgIpc) is 3.03. The molecule has 0 bridgehead atoms. The molecule has 1 saturated heterocycles. The first-order valence-corrected chi connectivity index (χ1v) is 7.03. The van der Waals surface area contributed by atoms with E-state index in [-0.39, 0.29) is 0 Å². The molecule has 1 aromatic heterocycles. The molecule has 1 atom stereocenters. The predicted octanol–water partition coefficient (Wildman–Crippen LogP) is 2.50. The molecular formula is C16H19N3O. The van der Waals surface area contributed by atoms with Crippen molar-refractivity contribution >= 4 is 0 Å². The summed E-state index contributed by atoms with van der Waals surface area (Å²) in [6.07, 6.45) is 6.89. The van der Waals surface area contributed by atoms with Gasteiger partial charge in [-0.15, -0.1) is 0 Å². The number of benzene rings is 1. The Morgan fingerprint density at radius 1 is 1.25 bits per heavy atom. The fourth-order valence-electron chi connectivity index (χ4n) is 2.62. The van der Waals surface area contributed by atoms with Gasteiger partial charge >= 0.3 is 0 Å². The van der Waals surface area contributed by atoms with E-state index in [2.05, 4.69) is 21.4 Å². The molecule has 0 unspecified atom stereocenters. The zero-order valence-electron chi connectivity index (χ0n) is 11.7. The highest BCUT2D eigenvalue weighted by Crippen LogP contribution is 2.22. The summed E-state index contributed by atoms with van der Waals surface area (Å²) >= 11 is 0. The summed E-state index contributed by atoms with van der Waals surface area (Å²) in [6.45, 7) is 1.08. The summed E-state index contributed by atoms with van der Waals surface area (Å²) in [4.78, 5) is 9.08. The molecule has 1 aliphatic rings. The molecule has 1 aliphatic heterocycles. The lowest BCUT2D eigenvalue weighted by molar-refractivity contribution is 0.410. The molecule has 20 heavy (non-hydrogen) atoms. The SMILES string of the molecule is COc1ccccc1Cc1cnc([C@@H]2CCCN2)cn1. The van der Waals surface area contributed by atoms with Crippen molar-refractivity contribution in [1.29, 1.82) is 0 Å². The molecule has 0 amide bonds. The van der Waals surface area contributed by atoms with Crippen LogP contribution in [0.25, 0.3) is 0 Å². The molecule has 3 rings (SSSR count). The molecule has 2 aromatic rings. The predicted molar refractivity (Wildman–Crippen MR) is 77.8 cm³/mol. The first kappa shape index (κ1) is 13.1. The monoisotopic (exact) mass is 269 g/mol. The maximum absolute atomic E-state index is 5.36. The molecule has 0 aliphatic carbocycles. The van der Waals surface area contributed by atoms with Crippen LogP contribution in [0.2, 0.25) is 0 Å². The average molecular weight is 269 g/mol. The van der Waals surface area contributed by atoms with Crippen LogP contribution < -0.4 is 10.1 Å². The summed E-state index contributed by atoms with van der Waals surface area (Å²) in [5.41, 5.74) is 3.15. The number of ether oxygens (including phenoxy) is 1. The molecule has 1 fully saturated rings. The van der Waals surface area contributed by atoms with Gasteiger partial charge in [-0.2, -0.15) is 0 Å². The van der Waals surface area contributed by atoms with E-state index in [4.69, 9.17) is 4.74 Å². The molecule has 0 radical (unpaired) electrons. The smallest absolute Gasteiger partial charge is 0.122 e. The highest BCUT2D eigenvalue weighted by molar-refractivity contribution is 5.35. The number of rotatable bonds is 4. The lowest BCUT2D eigenvalue weighted by Gasteiger charge is -2.10. The number of hydrogen-bond donors (Lipinski definition) is 1. The van der Waals surface area contributed by atoms with Gasteiger partial charge in [0, 0.05) is 18.2 Å². The zero-order chi connectivity index (χ0) is 13.8. The fourth-order valence-corrected chi connectivity index (χ4v) is 2.62. The van der Waals surface area contributed by atoms with Gasteiger partial charge in [0.05, 0.1) is 30.7 Å². The van der Waals surface area contributed by atoms with Crippen LogP contribution in [0.5, 0.6) is 5.75 Å². The minimum absolute atomic E-state index is 0.378. The maximum atomic E-state index is 5.36. The Morgan fingerprint density at radius 2 is 2.15 bits per heavy atom. The summed E-state index contributed by atoms with van der Waals surface area (Å²) in [5.74, 6) is 0.899. The van der Waals surface area contributed by atoms with Crippen LogP contribution in [0, 0.1) is 0 Å². The first-order valence-electron chi connectivity index (χ1n) is 7.03. The van der Waals surface area contributed by atoms with Crippen molar-refractivity contribution < 1.29 is 4.74 Å². The molecule has 4 nitrogen and oxygen atoms in total. The van der Waals surface area contributed by atoms with Gasteiger partial charge in [0.25, 0.3) is 0 Å². The van der Waals surface area contributed by atoms with Crippen LogP contribution in [0.15, 0.2) is 36.7 Å². The van der Waals surface area contributed by atoms with E-state index in [1.165, 1.54) is 6.42 Å². The standard InChI is InChI=1S/C16H19N3O/c1-20-16-7-3-2-5-12(16)9-13-10-19-15(11-18-13)14-6-4-8-17-14/h2-3,5,7,10-11,14,17H,4,6,8-9H2,1H3/t14-/m0/s1. The third-order valence-corrected chi connectivity index (χ3v) is 3.71. The Morgan fingerprint density at radius 3 is 2.85 bits per heavy atom. The van der Waals surface area contributed by atoms with Gasteiger partial charge in [-0.1, -0.05) is 18.2 Å². The van der Waals surface area contributed by atoms with Crippen molar-refractivity contribution in [3.05, 3.63) is 53.6 Å². The number of nitrogens with zero attached hydrogens (tertiary/aromatic N) is 2. The van der Waals surface area contributed by atoms with Gasteiger partial charge in [-0.25, -0.2) is 0 Å². The summed E-state index contributed by atoms with van der Waals surface area (Å²) in [5, 5.41) is 3.44. The van der Waals surface area contributed by atoms with E-state index in [0.29, 0.717) is 6.04 Å². The number of hydrogen-bond acceptors (Lipinski definition) is 4. The minimum atomic E-state index is 0.378. The highest BCUT2D eigenvalue weighted by atomic mass is 16.5. The molecule has 0 saturated carbocycles. The second-order valence-corrected chi connectivity index (χ2v) is 5.07. The number of methoxy groups -OCH3 is 1. The molecular weight excluding hydrogens is 250 g/mol. The molecule has 104 valence electrons. The van der Waals surface area contributed by atoms with E-state index >= 15 is 0 Å². The van der Waals surface area contributed by atoms with Crippen LogP contribution in [-0.2, 0) is 6.42 Å². The molecule has 0 spiro atoms. The third-order valence-electron chi connectivity index (χ3n) is 3.71. The molecule has 1 N–H and O–H groups in total. The maximum Gasteiger partial charge on any atom is 0.122 e. The third kappa shape index (κ3) is 2.80. The van der Waals surface area contributed by atoms with Crippen LogP contribution in [0.3, 0.4) is 0 Å². The molecule has 1 aromatic carbocycles. The lowest BCUT2D eigenvalue weighted by atomic mass is 10.1. The number of para-hydroxylation sites is 1. The highest BCUT2D eigenvalue weighted by Gasteiger charge is 2.17. The van der Waals surface area contributed by atoms with E-state index in [0.717, 1.165) is 42.1 Å². The summed E-state index contributed by atoms with van der Waals surface area (Å²) < 4.78 is 5.36. The Balaban J connectivity index is 1.74. The lowest BCUT2D eigenvalue weighted by Crippen LogP contribution is -2.14.